The van der Waals surface area contributed by atoms with Crippen molar-refractivity contribution in [1.82, 2.24) is 4.90 Å². The summed E-state index contributed by atoms with van der Waals surface area (Å²) >= 11 is 6.14. The summed E-state index contributed by atoms with van der Waals surface area (Å²) in [6, 6.07) is 18.6. The number of nitrogens with one attached hydrogen (secondary N) is 1. The van der Waals surface area contributed by atoms with Gasteiger partial charge in [0.05, 0.1) is 22.7 Å². The van der Waals surface area contributed by atoms with E-state index >= 15 is 0 Å². The third-order valence-electron chi connectivity index (χ3n) is 5.91. The van der Waals surface area contributed by atoms with Crippen molar-refractivity contribution in [1.29, 1.82) is 0 Å². The Bertz CT molecular complexity index is 1180. The molecule has 0 aliphatic carbocycles. The molecule has 0 radical (unpaired) electrons. The summed E-state index contributed by atoms with van der Waals surface area (Å²) in [4.78, 5) is 28.5. The molecule has 3 aromatic rings. The van der Waals surface area contributed by atoms with Crippen LogP contribution < -0.4 is 5.32 Å². The molecule has 0 unspecified atom stereocenters. The van der Waals surface area contributed by atoms with Gasteiger partial charge >= 0.3 is 0 Å². The molecule has 1 N–H and O–H groups in total. The standard InChI is InChI=1S/C24H18ClFN2O2/c25-19-13-15(26)9-10-20(19)27-23(29)21-17-7-3-4-8-18(17)24(30)28-12-11-14-5-1-2-6-16(14)22(21)28/h1-10,13,21-22H,11-12H2,(H,27,29)/t21-,22-/m1/s1. The van der Waals surface area contributed by atoms with Crippen LogP contribution in [0.5, 0.6) is 0 Å². The summed E-state index contributed by atoms with van der Waals surface area (Å²) in [5, 5.41) is 2.98. The third-order valence-corrected chi connectivity index (χ3v) is 6.22. The summed E-state index contributed by atoms with van der Waals surface area (Å²) in [5.74, 6) is -1.43. The topological polar surface area (TPSA) is 49.4 Å². The van der Waals surface area contributed by atoms with Gasteiger partial charge in [-0.2, -0.15) is 0 Å². The molecule has 2 aliphatic rings. The quantitative estimate of drug-likeness (QED) is 0.637. The van der Waals surface area contributed by atoms with Crippen molar-refractivity contribution < 1.29 is 14.0 Å². The second-order valence-electron chi connectivity index (χ2n) is 7.57. The number of anilines is 1. The maximum absolute atomic E-state index is 13.5. The number of nitrogens with zero attached hydrogens (tertiary/aromatic N) is 1. The smallest absolute Gasteiger partial charge is 0.254 e. The van der Waals surface area contributed by atoms with Crippen molar-refractivity contribution in [3.8, 4) is 0 Å². The van der Waals surface area contributed by atoms with Crippen LogP contribution in [-0.2, 0) is 11.2 Å². The lowest BCUT2D eigenvalue weighted by atomic mass is 9.76. The van der Waals surface area contributed by atoms with Crippen molar-refractivity contribution in [3.63, 3.8) is 0 Å². The van der Waals surface area contributed by atoms with E-state index in [0.717, 1.165) is 23.6 Å². The summed E-state index contributed by atoms with van der Waals surface area (Å²) in [7, 11) is 0. The van der Waals surface area contributed by atoms with E-state index in [1.54, 1.807) is 17.0 Å². The van der Waals surface area contributed by atoms with Crippen molar-refractivity contribution in [2.24, 2.45) is 0 Å². The van der Waals surface area contributed by atoms with Crippen LogP contribution >= 0.6 is 11.6 Å². The van der Waals surface area contributed by atoms with Gasteiger partial charge in [0.1, 0.15) is 5.82 Å². The minimum Gasteiger partial charge on any atom is -0.330 e. The van der Waals surface area contributed by atoms with Crippen LogP contribution in [0, 0.1) is 5.82 Å². The lowest BCUT2D eigenvalue weighted by Crippen LogP contribution is -2.49. The number of hydrogen-bond acceptors (Lipinski definition) is 2. The van der Waals surface area contributed by atoms with Gasteiger partial charge in [-0.15, -0.1) is 0 Å². The fourth-order valence-corrected chi connectivity index (χ4v) is 4.77. The highest BCUT2D eigenvalue weighted by Crippen LogP contribution is 2.46. The molecule has 0 aromatic heterocycles. The van der Waals surface area contributed by atoms with E-state index in [1.807, 2.05) is 36.4 Å². The van der Waals surface area contributed by atoms with Crippen LogP contribution in [0.3, 0.4) is 0 Å². The molecular formula is C24H18ClFN2O2. The van der Waals surface area contributed by atoms with E-state index in [4.69, 9.17) is 11.6 Å². The monoisotopic (exact) mass is 420 g/mol. The van der Waals surface area contributed by atoms with Gasteiger partial charge in [-0.05, 0) is 47.4 Å². The number of rotatable bonds is 2. The first-order chi connectivity index (χ1) is 14.5. The van der Waals surface area contributed by atoms with Gasteiger partial charge in [0.2, 0.25) is 5.91 Å². The molecular weight excluding hydrogens is 403 g/mol. The summed E-state index contributed by atoms with van der Waals surface area (Å²) < 4.78 is 13.4. The Labute approximate surface area is 178 Å². The Morgan fingerprint density at radius 3 is 2.57 bits per heavy atom. The molecule has 0 bridgehead atoms. The van der Waals surface area contributed by atoms with Gasteiger partial charge in [-0.3, -0.25) is 9.59 Å². The lowest BCUT2D eigenvalue weighted by molar-refractivity contribution is -0.119. The number of carbonyl (C=O) groups excluding carboxylic acids is 2. The molecule has 0 saturated carbocycles. The van der Waals surface area contributed by atoms with Gasteiger partial charge in [0, 0.05) is 12.1 Å². The highest BCUT2D eigenvalue weighted by atomic mass is 35.5. The van der Waals surface area contributed by atoms with Crippen molar-refractivity contribution in [3.05, 3.63) is 99.8 Å². The highest BCUT2D eigenvalue weighted by molar-refractivity contribution is 6.33. The fraction of sp³-hybridized carbons (Fsp3) is 0.167. The number of benzene rings is 3. The zero-order valence-corrected chi connectivity index (χ0v) is 16.7. The summed E-state index contributed by atoms with van der Waals surface area (Å²) in [6.07, 6.45) is 0.749. The Morgan fingerprint density at radius 1 is 1.03 bits per heavy atom. The van der Waals surface area contributed by atoms with Gasteiger partial charge in [-0.1, -0.05) is 54.1 Å². The van der Waals surface area contributed by atoms with Crippen molar-refractivity contribution >= 4 is 29.1 Å². The maximum Gasteiger partial charge on any atom is 0.254 e. The molecule has 0 fully saturated rings. The van der Waals surface area contributed by atoms with Crippen molar-refractivity contribution in [2.45, 2.75) is 18.4 Å². The van der Waals surface area contributed by atoms with Gasteiger partial charge < -0.3 is 10.2 Å². The van der Waals surface area contributed by atoms with E-state index < -0.39 is 17.8 Å². The highest BCUT2D eigenvalue weighted by Gasteiger charge is 2.46. The van der Waals surface area contributed by atoms with Gasteiger partial charge in [0.25, 0.3) is 5.91 Å². The molecule has 3 aromatic carbocycles. The Morgan fingerprint density at radius 2 is 1.77 bits per heavy atom. The minimum absolute atomic E-state index is 0.0611. The number of halogens is 2. The molecule has 2 amide bonds. The van der Waals surface area contributed by atoms with Gasteiger partial charge in [-0.25, -0.2) is 4.39 Å². The Hall–Kier alpha value is -3.18. The first-order valence-corrected chi connectivity index (χ1v) is 10.2. The number of amides is 2. The molecule has 0 spiro atoms. The SMILES string of the molecule is O=C(Nc1ccc(F)cc1Cl)[C@@H]1c2ccccc2C(=O)N2CCc3ccccc3[C@H]12. The average molecular weight is 421 g/mol. The van der Waals surface area contributed by atoms with Crippen molar-refractivity contribution in [2.75, 3.05) is 11.9 Å². The molecule has 5 rings (SSSR count). The summed E-state index contributed by atoms with van der Waals surface area (Å²) in [5.41, 5.74) is 3.70. The number of fused-ring (bicyclic) bond motifs is 4. The van der Waals surface area contributed by atoms with E-state index in [2.05, 4.69) is 5.32 Å². The first kappa shape index (κ1) is 18.8. The second kappa shape index (κ2) is 7.26. The molecule has 150 valence electrons. The van der Waals surface area contributed by atoms with E-state index in [9.17, 15) is 14.0 Å². The molecule has 6 heteroatoms. The van der Waals surface area contributed by atoms with E-state index in [0.29, 0.717) is 23.4 Å². The zero-order valence-electron chi connectivity index (χ0n) is 15.9. The predicted molar refractivity (Wildman–Crippen MR) is 113 cm³/mol. The zero-order chi connectivity index (χ0) is 20.8. The van der Waals surface area contributed by atoms with Crippen LogP contribution in [0.1, 0.15) is 39.0 Å². The molecule has 2 heterocycles. The number of carbonyl (C=O) groups is 2. The predicted octanol–water partition coefficient (Wildman–Crippen LogP) is 4.95. The maximum atomic E-state index is 13.5. The van der Waals surface area contributed by atoms with Crippen LogP contribution in [0.25, 0.3) is 0 Å². The number of hydrogen-bond donors (Lipinski definition) is 1. The molecule has 2 atom stereocenters. The summed E-state index contributed by atoms with van der Waals surface area (Å²) in [6.45, 7) is 0.552. The second-order valence-corrected chi connectivity index (χ2v) is 7.98. The molecule has 0 saturated heterocycles. The van der Waals surface area contributed by atoms with Crippen LogP contribution in [-0.4, -0.2) is 23.3 Å². The molecule has 2 aliphatic heterocycles. The van der Waals surface area contributed by atoms with Gasteiger partial charge in [0.15, 0.2) is 0 Å². The third kappa shape index (κ3) is 2.97. The van der Waals surface area contributed by atoms with Crippen LogP contribution in [0.4, 0.5) is 10.1 Å². The Kier molecular flexibility index (Phi) is 4.55. The Balaban J connectivity index is 1.63. The normalized spacial score (nSPS) is 19.5. The fourth-order valence-electron chi connectivity index (χ4n) is 4.56. The molecule has 4 nitrogen and oxygen atoms in total. The first-order valence-electron chi connectivity index (χ1n) is 9.78. The van der Waals surface area contributed by atoms with Crippen LogP contribution in [0.2, 0.25) is 5.02 Å². The van der Waals surface area contributed by atoms with E-state index in [-0.39, 0.29) is 16.8 Å². The van der Waals surface area contributed by atoms with E-state index in [1.165, 1.54) is 12.1 Å². The lowest BCUT2D eigenvalue weighted by Gasteiger charge is -2.45. The minimum atomic E-state index is -0.610. The molecule has 30 heavy (non-hydrogen) atoms. The average Bonchev–Trinajstić information content (AvgIpc) is 2.76. The largest absolute Gasteiger partial charge is 0.330 e. The van der Waals surface area contributed by atoms with Crippen LogP contribution in [0.15, 0.2) is 66.7 Å².